The Labute approximate surface area is 149 Å². The Bertz CT molecular complexity index is 580. The van der Waals surface area contributed by atoms with Crippen LogP contribution in [-0.2, 0) is 20.9 Å². The number of nitrogens with zero attached hydrogens (tertiary/aromatic N) is 2. The minimum atomic E-state index is -0.0135. The van der Waals surface area contributed by atoms with Crippen molar-refractivity contribution in [3.8, 4) is 0 Å². The van der Waals surface area contributed by atoms with Crippen LogP contribution in [0.15, 0.2) is 24.5 Å². The lowest BCUT2D eigenvalue weighted by atomic mass is 9.78. The van der Waals surface area contributed by atoms with Crippen molar-refractivity contribution >= 4 is 5.91 Å². The normalized spacial score (nSPS) is 25.4. The van der Waals surface area contributed by atoms with Crippen LogP contribution in [0.25, 0.3) is 0 Å². The first-order valence-electron chi connectivity index (χ1n) is 9.66. The van der Waals surface area contributed by atoms with Crippen LogP contribution in [0.1, 0.15) is 44.1 Å². The molecule has 2 aliphatic heterocycles. The molecule has 0 N–H and O–H groups in total. The van der Waals surface area contributed by atoms with Gasteiger partial charge in [0.25, 0.3) is 0 Å². The van der Waals surface area contributed by atoms with Gasteiger partial charge in [0, 0.05) is 44.6 Å². The number of rotatable bonds is 6. The molecule has 136 valence electrons. The van der Waals surface area contributed by atoms with E-state index in [2.05, 4.69) is 9.88 Å². The number of ether oxygens (including phenoxy) is 2. The van der Waals surface area contributed by atoms with Crippen molar-refractivity contribution in [3.05, 3.63) is 30.1 Å². The number of amides is 1. The lowest BCUT2D eigenvalue weighted by molar-refractivity contribution is -0.139. The molecule has 0 radical (unpaired) electrons. The van der Waals surface area contributed by atoms with Gasteiger partial charge >= 0.3 is 0 Å². The van der Waals surface area contributed by atoms with Crippen molar-refractivity contribution in [2.75, 3.05) is 26.3 Å². The third-order valence-corrected chi connectivity index (χ3v) is 6.08. The number of hydrogen-bond acceptors (Lipinski definition) is 4. The minimum absolute atomic E-state index is 0.0135. The summed E-state index contributed by atoms with van der Waals surface area (Å²) in [7, 11) is 0. The molecule has 1 atom stereocenters. The van der Waals surface area contributed by atoms with Gasteiger partial charge in [-0.15, -0.1) is 0 Å². The number of piperidine rings is 1. The maximum Gasteiger partial charge on any atom is 0.225 e. The van der Waals surface area contributed by atoms with Crippen molar-refractivity contribution in [3.63, 3.8) is 0 Å². The Morgan fingerprint density at radius 2 is 2.00 bits per heavy atom. The molecular weight excluding hydrogens is 316 g/mol. The van der Waals surface area contributed by atoms with E-state index in [0.717, 1.165) is 64.8 Å². The van der Waals surface area contributed by atoms with Gasteiger partial charge in [-0.1, -0.05) is 0 Å². The molecule has 1 aromatic rings. The van der Waals surface area contributed by atoms with Crippen molar-refractivity contribution in [2.45, 2.75) is 50.7 Å². The van der Waals surface area contributed by atoms with E-state index in [-0.39, 0.29) is 5.60 Å². The van der Waals surface area contributed by atoms with Gasteiger partial charge in [-0.3, -0.25) is 9.78 Å². The van der Waals surface area contributed by atoms with E-state index in [1.165, 1.54) is 5.56 Å². The average Bonchev–Trinajstić information content (AvgIpc) is 3.44. The topological polar surface area (TPSA) is 51.7 Å². The SMILES string of the molecule is O=C(C1CC1)N1CCC2(CC1)OCC[C@H]2CCOCc1ccncc1. The zero-order chi connectivity index (χ0) is 17.1. The molecule has 0 bridgehead atoms. The number of carbonyl (C=O) groups is 1. The quantitative estimate of drug-likeness (QED) is 0.745. The summed E-state index contributed by atoms with van der Waals surface area (Å²) in [6.07, 6.45) is 9.92. The number of aromatic nitrogens is 1. The molecule has 2 saturated heterocycles. The molecule has 1 aliphatic carbocycles. The van der Waals surface area contributed by atoms with Crippen molar-refractivity contribution in [2.24, 2.45) is 11.8 Å². The molecular formula is C20H28N2O3. The van der Waals surface area contributed by atoms with Crippen LogP contribution in [0.5, 0.6) is 0 Å². The molecule has 1 amide bonds. The standard InChI is InChI=1S/C20H28N2O3/c23-19(17-1-2-17)22-11-7-20(8-12-22)18(6-14-25-20)5-13-24-15-16-3-9-21-10-4-16/h3-4,9-10,17-18H,1-2,5-8,11-15H2/t18-/m1/s1. The predicted octanol–water partition coefficient (Wildman–Crippen LogP) is 2.80. The molecule has 5 nitrogen and oxygen atoms in total. The van der Waals surface area contributed by atoms with E-state index < -0.39 is 0 Å². The van der Waals surface area contributed by atoms with Gasteiger partial charge in [0.2, 0.25) is 5.91 Å². The maximum atomic E-state index is 12.3. The predicted molar refractivity (Wildman–Crippen MR) is 93.8 cm³/mol. The summed E-state index contributed by atoms with van der Waals surface area (Å²) in [6.45, 7) is 3.99. The number of likely N-dealkylation sites (tertiary alicyclic amines) is 1. The van der Waals surface area contributed by atoms with Gasteiger partial charge < -0.3 is 14.4 Å². The summed E-state index contributed by atoms with van der Waals surface area (Å²) in [6, 6.07) is 3.99. The smallest absolute Gasteiger partial charge is 0.225 e. The highest BCUT2D eigenvalue weighted by molar-refractivity contribution is 5.81. The van der Waals surface area contributed by atoms with Crippen LogP contribution in [0.4, 0.5) is 0 Å². The van der Waals surface area contributed by atoms with E-state index in [1.54, 1.807) is 12.4 Å². The van der Waals surface area contributed by atoms with Crippen LogP contribution in [0.3, 0.4) is 0 Å². The average molecular weight is 344 g/mol. The summed E-state index contributed by atoms with van der Waals surface area (Å²) in [5, 5.41) is 0. The zero-order valence-electron chi connectivity index (χ0n) is 14.9. The molecule has 1 spiro atoms. The van der Waals surface area contributed by atoms with Crippen LogP contribution in [0.2, 0.25) is 0 Å². The molecule has 1 aromatic heterocycles. The van der Waals surface area contributed by atoms with Crippen molar-refractivity contribution < 1.29 is 14.3 Å². The van der Waals surface area contributed by atoms with Crippen LogP contribution >= 0.6 is 0 Å². The number of hydrogen-bond donors (Lipinski definition) is 0. The largest absolute Gasteiger partial charge is 0.377 e. The molecule has 0 unspecified atom stereocenters. The van der Waals surface area contributed by atoms with Crippen molar-refractivity contribution in [1.82, 2.24) is 9.88 Å². The van der Waals surface area contributed by atoms with E-state index in [0.29, 0.717) is 24.3 Å². The first-order chi connectivity index (χ1) is 12.3. The summed E-state index contributed by atoms with van der Waals surface area (Å²) < 4.78 is 12.1. The van der Waals surface area contributed by atoms with E-state index in [9.17, 15) is 4.79 Å². The Hall–Kier alpha value is -1.46. The highest BCUT2D eigenvalue weighted by Gasteiger charge is 2.47. The number of carbonyl (C=O) groups excluding carboxylic acids is 1. The second kappa shape index (κ2) is 7.42. The van der Waals surface area contributed by atoms with Gasteiger partial charge in [-0.05, 0) is 62.1 Å². The monoisotopic (exact) mass is 344 g/mol. The fraction of sp³-hybridized carbons (Fsp3) is 0.700. The molecule has 3 aliphatic rings. The Kier molecular flexibility index (Phi) is 5.04. The fourth-order valence-corrected chi connectivity index (χ4v) is 4.33. The molecule has 25 heavy (non-hydrogen) atoms. The molecule has 4 rings (SSSR count). The number of pyridine rings is 1. The zero-order valence-corrected chi connectivity index (χ0v) is 14.9. The van der Waals surface area contributed by atoms with Crippen LogP contribution < -0.4 is 0 Å². The molecule has 0 aromatic carbocycles. The van der Waals surface area contributed by atoms with Crippen LogP contribution in [0, 0.1) is 11.8 Å². The first-order valence-corrected chi connectivity index (χ1v) is 9.66. The fourth-order valence-electron chi connectivity index (χ4n) is 4.33. The Morgan fingerprint density at radius 3 is 2.72 bits per heavy atom. The van der Waals surface area contributed by atoms with Gasteiger partial charge in [-0.25, -0.2) is 0 Å². The molecule has 3 heterocycles. The second-order valence-electron chi connectivity index (χ2n) is 7.70. The summed E-state index contributed by atoms with van der Waals surface area (Å²) in [5.74, 6) is 1.27. The second-order valence-corrected chi connectivity index (χ2v) is 7.70. The first kappa shape index (κ1) is 17.0. The van der Waals surface area contributed by atoms with E-state index in [4.69, 9.17) is 9.47 Å². The van der Waals surface area contributed by atoms with E-state index in [1.807, 2.05) is 12.1 Å². The minimum Gasteiger partial charge on any atom is -0.377 e. The maximum absolute atomic E-state index is 12.3. The Morgan fingerprint density at radius 1 is 1.24 bits per heavy atom. The van der Waals surface area contributed by atoms with Crippen LogP contribution in [-0.4, -0.2) is 47.7 Å². The summed E-state index contributed by atoms with van der Waals surface area (Å²) in [4.78, 5) is 18.3. The van der Waals surface area contributed by atoms with E-state index >= 15 is 0 Å². The summed E-state index contributed by atoms with van der Waals surface area (Å²) >= 11 is 0. The third-order valence-electron chi connectivity index (χ3n) is 6.08. The van der Waals surface area contributed by atoms with Crippen molar-refractivity contribution in [1.29, 1.82) is 0 Å². The third kappa shape index (κ3) is 3.87. The van der Waals surface area contributed by atoms with Gasteiger partial charge in [0.1, 0.15) is 0 Å². The lowest BCUT2D eigenvalue weighted by Gasteiger charge is -2.42. The highest BCUT2D eigenvalue weighted by atomic mass is 16.5. The molecule has 5 heteroatoms. The van der Waals surface area contributed by atoms with Gasteiger partial charge in [0.15, 0.2) is 0 Å². The lowest BCUT2D eigenvalue weighted by Crippen LogP contribution is -2.50. The Balaban J connectivity index is 1.24. The van der Waals surface area contributed by atoms with Gasteiger partial charge in [0.05, 0.1) is 12.2 Å². The molecule has 3 fully saturated rings. The summed E-state index contributed by atoms with van der Waals surface area (Å²) in [5.41, 5.74) is 1.15. The molecule has 1 saturated carbocycles. The van der Waals surface area contributed by atoms with Gasteiger partial charge in [-0.2, -0.15) is 0 Å². The highest BCUT2D eigenvalue weighted by Crippen LogP contribution is 2.43.